The van der Waals surface area contributed by atoms with E-state index in [0.29, 0.717) is 0 Å². The Morgan fingerprint density at radius 3 is 2.33 bits per heavy atom. The highest BCUT2D eigenvalue weighted by Gasteiger charge is 2.22. The minimum atomic E-state index is -1.39. The van der Waals surface area contributed by atoms with Crippen LogP contribution >= 0.6 is 0 Å². The lowest BCUT2D eigenvalue weighted by Gasteiger charge is -2.19. The van der Waals surface area contributed by atoms with Crippen molar-refractivity contribution in [2.45, 2.75) is 51.9 Å². The Hall–Kier alpha value is -2.73. The fourth-order valence-corrected chi connectivity index (χ4v) is 2.61. The summed E-state index contributed by atoms with van der Waals surface area (Å²) in [6.07, 6.45) is -1.63. The molecule has 6 heteroatoms. The van der Waals surface area contributed by atoms with Crippen LogP contribution in [0.25, 0.3) is 10.8 Å². The van der Waals surface area contributed by atoms with E-state index in [4.69, 9.17) is 15.2 Å². The summed E-state index contributed by atoms with van der Waals surface area (Å²) in [5.74, 6) is -1.61. The third-order valence-electron chi connectivity index (χ3n) is 3.79. The summed E-state index contributed by atoms with van der Waals surface area (Å²) in [6.45, 7) is 5.23. The largest absolute Gasteiger partial charge is 0.460 e. The summed E-state index contributed by atoms with van der Waals surface area (Å²) in [5.41, 5.74) is 5.83. The normalized spacial score (nSPS) is 12.4. The number of ether oxygens (including phenoxy) is 2. The number of benzene rings is 2. The monoisotopic (exact) mass is 371 g/mol. The van der Waals surface area contributed by atoms with Gasteiger partial charge in [0, 0.05) is 6.42 Å². The molecule has 0 aliphatic carbocycles. The van der Waals surface area contributed by atoms with E-state index in [9.17, 15) is 14.4 Å². The van der Waals surface area contributed by atoms with Gasteiger partial charge in [-0.3, -0.25) is 20.1 Å². The maximum atomic E-state index is 12.2. The van der Waals surface area contributed by atoms with E-state index in [-0.39, 0.29) is 19.3 Å². The van der Waals surface area contributed by atoms with Crippen molar-refractivity contribution in [3.05, 3.63) is 48.0 Å². The summed E-state index contributed by atoms with van der Waals surface area (Å²) >= 11 is 0. The molecule has 0 bridgehead atoms. The zero-order valence-electron chi connectivity index (χ0n) is 15.9. The standard InChI is InChI=1S/C21H25NO5/c1-21(2,3)27-18(24)12-11-17(23)20(22)26-19(25)13-15-9-6-8-14-7-4-5-10-16(14)15/h4-10,20H,11-13,22H2,1-3H3. The molecule has 0 fully saturated rings. The van der Waals surface area contributed by atoms with Crippen molar-refractivity contribution in [1.29, 1.82) is 0 Å². The maximum Gasteiger partial charge on any atom is 0.312 e. The lowest BCUT2D eigenvalue weighted by Crippen LogP contribution is -2.36. The summed E-state index contributed by atoms with van der Waals surface area (Å²) in [4.78, 5) is 35.8. The van der Waals surface area contributed by atoms with E-state index in [1.54, 1.807) is 20.8 Å². The molecule has 2 N–H and O–H groups in total. The topological polar surface area (TPSA) is 95.7 Å². The van der Waals surface area contributed by atoms with Gasteiger partial charge >= 0.3 is 11.9 Å². The zero-order chi connectivity index (χ0) is 20.0. The van der Waals surface area contributed by atoms with E-state index in [0.717, 1.165) is 16.3 Å². The number of Topliss-reactive ketones (excluding diaryl/α,β-unsaturated/α-hetero) is 1. The number of ketones is 1. The Bertz CT molecular complexity index is 833. The van der Waals surface area contributed by atoms with E-state index in [2.05, 4.69) is 0 Å². The van der Waals surface area contributed by atoms with E-state index < -0.39 is 29.6 Å². The fourth-order valence-electron chi connectivity index (χ4n) is 2.61. The quantitative estimate of drug-likeness (QED) is 0.594. The highest BCUT2D eigenvalue weighted by molar-refractivity contribution is 5.91. The maximum absolute atomic E-state index is 12.2. The van der Waals surface area contributed by atoms with Crippen LogP contribution in [0.5, 0.6) is 0 Å². The van der Waals surface area contributed by atoms with Crippen molar-refractivity contribution in [3.63, 3.8) is 0 Å². The molecule has 0 aliphatic heterocycles. The first-order chi connectivity index (χ1) is 12.7. The Morgan fingerprint density at radius 2 is 1.63 bits per heavy atom. The van der Waals surface area contributed by atoms with Gasteiger partial charge in [-0.05, 0) is 37.1 Å². The molecular formula is C21H25NO5. The molecule has 144 valence electrons. The second-order valence-corrected chi connectivity index (χ2v) is 7.28. The van der Waals surface area contributed by atoms with Crippen LogP contribution in [0.15, 0.2) is 42.5 Å². The first kappa shape index (κ1) is 20.6. The van der Waals surface area contributed by atoms with Crippen molar-refractivity contribution >= 4 is 28.5 Å². The van der Waals surface area contributed by atoms with Gasteiger partial charge in [-0.25, -0.2) is 0 Å². The first-order valence-electron chi connectivity index (χ1n) is 8.82. The number of esters is 2. The van der Waals surface area contributed by atoms with Crippen LogP contribution in [0.3, 0.4) is 0 Å². The number of carbonyl (C=O) groups is 3. The first-order valence-corrected chi connectivity index (χ1v) is 8.82. The molecule has 1 atom stereocenters. The second kappa shape index (κ2) is 8.77. The van der Waals surface area contributed by atoms with Crippen molar-refractivity contribution in [2.24, 2.45) is 5.73 Å². The van der Waals surface area contributed by atoms with E-state index in [1.807, 2.05) is 42.5 Å². The molecule has 0 spiro atoms. The number of hydrogen-bond donors (Lipinski definition) is 1. The van der Waals surface area contributed by atoms with Crippen molar-refractivity contribution in [3.8, 4) is 0 Å². The minimum Gasteiger partial charge on any atom is -0.460 e. The molecular weight excluding hydrogens is 346 g/mol. The fraction of sp³-hybridized carbons (Fsp3) is 0.381. The second-order valence-electron chi connectivity index (χ2n) is 7.28. The van der Waals surface area contributed by atoms with Crippen LogP contribution in [-0.2, 0) is 30.3 Å². The summed E-state index contributed by atoms with van der Waals surface area (Å²) < 4.78 is 10.2. The van der Waals surface area contributed by atoms with E-state index >= 15 is 0 Å². The SMILES string of the molecule is CC(C)(C)OC(=O)CCC(=O)C(N)OC(=O)Cc1cccc2ccccc12. The summed E-state index contributed by atoms with van der Waals surface area (Å²) in [7, 11) is 0. The molecule has 0 heterocycles. The smallest absolute Gasteiger partial charge is 0.312 e. The van der Waals surface area contributed by atoms with E-state index in [1.165, 1.54) is 0 Å². The molecule has 2 aromatic carbocycles. The van der Waals surface area contributed by atoms with Crippen LogP contribution in [0, 0.1) is 0 Å². The van der Waals surface area contributed by atoms with Crippen molar-refractivity contribution in [1.82, 2.24) is 0 Å². The molecule has 0 saturated carbocycles. The molecule has 0 radical (unpaired) electrons. The average molecular weight is 371 g/mol. The van der Waals surface area contributed by atoms with Gasteiger partial charge in [0.15, 0.2) is 5.78 Å². The Labute approximate surface area is 158 Å². The van der Waals surface area contributed by atoms with Gasteiger partial charge in [0.05, 0.1) is 12.8 Å². The number of nitrogens with two attached hydrogens (primary N) is 1. The van der Waals surface area contributed by atoms with Crippen LogP contribution in [-0.4, -0.2) is 29.6 Å². The van der Waals surface area contributed by atoms with Gasteiger partial charge < -0.3 is 9.47 Å². The third kappa shape index (κ3) is 6.49. The van der Waals surface area contributed by atoms with Gasteiger partial charge in [0.25, 0.3) is 0 Å². The molecule has 0 aromatic heterocycles. The predicted molar refractivity (Wildman–Crippen MR) is 102 cm³/mol. The molecule has 1 unspecified atom stereocenters. The number of hydrogen-bond acceptors (Lipinski definition) is 6. The Kier molecular flexibility index (Phi) is 6.69. The lowest BCUT2D eigenvalue weighted by molar-refractivity contribution is -0.157. The number of fused-ring (bicyclic) bond motifs is 1. The molecule has 6 nitrogen and oxygen atoms in total. The van der Waals surface area contributed by atoms with Crippen LogP contribution in [0.4, 0.5) is 0 Å². The molecule has 0 amide bonds. The lowest BCUT2D eigenvalue weighted by atomic mass is 10.0. The molecule has 0 aliphatic rings. The Balaban J connectivity index is 1.87. The van der Waals surface area contributed by atoms with Crippen LogP contribution < -0.4 is 5.73 Å². The van der Waals surface area contributed by atoms with Crippen LogP contribution in [0.1, 0.15) is 39.2 Å². The minimum absolute atomic E-state index is 0.00833. The van der Waals surface area contributed by atoms with Crippen LogP contribution in [0.2, 0.25) is 0 Å². The zero-order valence-corrected chi connectivity index (χ0v) is 15.9. The van der Waals surface area contributed by atoms with Gasteiger partial charge in [-0.15, -0.1) is 0 Å². The summed E-state index contributed by atoms with van der Waals surface area (Å²) in [5, 5.41) is 1.96. The predicted octanol–water partition coefficient (Wildman–Crippen LogP) is 2.90. The van der Waals surface area contributed by atoms with Gasteiger partial charge in [0.2, 0.25) is 6.23 Å². The molecule has 2 rings (SSSR count). The van der Waals surface area contributed by atoms with Crippen molar-refractivity contribution in [2.75, 3.05) is 0 Å². The van der Waals surface area contributed by atoms with Gasteiger partial charge in [-0.2, -0.15) is 0 Å². The molecule has 27 heavy (non-hydrogen) atoms. The molecule has 2 aromatic rings. The highest BCUT2D eigenvalue weighted by atomic mass is 16.6. The van der Waals surface area contributed by atoms with Gasteiger partial charge in [0.1, 0.15) is 5.60 Å². The third-order valence-corrected chi connectivity index (χ3v) is 3.79. The van der Waals surface area contributed by atoms with Crippen molar-refractivity contribution < 1.29 is 23.9 Å². The number of rotatable bonds is 7. The van der Waals surface area contributed by atoms with Gasteiger partial charge in [-0.1, -0.05) is 42.5 Å². The number of carbonyl (C=O) groups excluding carboxylic acids is 3. The highest BCUT2D eigenvalue weighted by Crippen LogP contribution is 2.19. The Morgan fingerprint density at radius 1 is 0.963 bits per heavy atom. The molecule has 0 saturated heterocycles. The summed E-state index contributed by atoms with van der Waals surface area (Å²) in [6, 6.07) is 13.3. The average Bonchev–Trinajstić information content (AvgIpc) is 2.58.